The van der Waals surface area contributed by atoms with Crippen LogP contribution in [-0.4, -0.2) is 39.2 Å². The zero-order valence-electron chi connectivity index (χ0n) is 13.5. The molecular formula is C19H16N2O4. The van der Waals surface area contributed by atoms with Gasteiger partial charge in [0.05, 0.1) is 11.3 Å². The number of aromatic hydroxyl groups is 1. The highest BCUT2D eigenvalue weighted by Crippen LogP contribution is 2.31. The van der Waals surface area contributed by atoms with Crippen LogP contribution in [0.25, 0.3) is 10.9 Å². The largest absolute Gasteiger partial charge is 0.494 e. The van der Waals surface area contributed by atoms with Gasteiger partial charge in [0.25, 0.3) is 0 Å². The van der Waals surface area contributed by atoms with E-state index in [4.69, 9.17) is 5.11 Å². The number of carbonyl (C=O) groups is 2. The van der Waals surface area contributed by atoms with E-state index in [1.807, 2.05) is 6.07 Å². The fourth-order valence-corrected chi connectivity index (χ4v) is 2.69. The number of aromatic amines is 1. The molecule has 3 aromatic rings. The van der Waals surface area contributed by atoms with E-state index in [1.54, 1.807) is 42.5 Å². The predicted molar refractivity (Wildman–Crippen MR) is 94.6 cm³/mol. The van der Waals surface area contributed by atoms with Gasteiger partial charge in [-0.05, 0) is 25.1 Å². The molecule has 3 rings (SSSR count). The normalized spacial score (nSPS) is 11.6. The molecular weight excluding hydrogens is 320 g/mol. The predicted octanol–water partition coefficient (Wildman–Crippen LogP) is 3.00. The van der Waals surface area contributed by atoms with Gasteiger partial charge >= 0.3 is 5.97 Å². The summed E-state index contributed by atoms with van der Waals surface area (Å²) in [5.74, 6) is -1.29. The van der Waals surface area contributed by atoms with Gasteiger partial charge < -0.3 is 15.2 Å². The van der Waals surface area contributed by atoms with E-state index in [2.05, 4.69) is 9.98 Å². The number of ketones is 1. The second kappa shape index (κ2) is 6.60. The van der Waals surface area contributed by atoms with Gasteiger partial charge in [-0.1, -0.05) is 30.3 Å². The first-order valence-corrected chi connectivity index (χ1v) is 7.65. The van der Waals surface area contributed by atoms with Crippen molar-refractivity contribution in [1.29, 1.82) is 0 Å². The number of carboxylic acids is 1. The smallest absolute Gasteiger partial charge is 0.325 e. The summed E-state index contributed by atoms with van der Waals surface area (Å²) in [6, 6.07) is 14.1. The number of aliphatic carboxylic acids is 1. The molecule has 6 nitrogen and oxygen atoms in total. The molecule has 0 saturated heterocycles. The summed E-state index contributed by atoms with van der Waals surface area (Å²) >= 11 is 0. The first-order valence-electron chi connectivity index (χ1n) is 7.65. The number of rotatable bonds is 5. The molecule has 1 aromatic heterocycles. The van der Waals surface area contributed by atoms with Crippen molar-refractivity contribution in [2.75, 3.05) is 6.54 Å². The second-order valence-corrected chi connectivity index (χ2v) is 5.59. The van der Waals surface area contributed by atoms with Gasteiger partial charge in [0.2, 0.25) is 0 Å². The molecule has 0 amide bonds. The van der Waals surface area contributed by atoms with Gasteiger partial charge in [-0.3, -0.25) is 14.6 Å². The van der Waals surface area contributed by atoms with E-state index in [1.165, 1.54) is 6.92 Å². The van der Waals surface area contributed by atoms with E-state index >= 15 is 0 Å². The van der Waals surface area contributed by atoms with Crippen molar-refractivity contribution in [3.63, 3.8) is 0 Å². The van der Waals surface area contributed by atoms with Crippen LogP contribution in [0.2, 0.25) is 0 Å². The minimum absolute atomic E-state index is 0.0997. The fourth-order valence-electron chi connectivity index (χ4n) is 2.69. The molecule has 25 heavy (non-hydrogen) atoms. The Morgan fingerprint density at radius 3 is 2.44 bits per heavy atom. The molecule has 3 N–H and O–H groups in total. The SMILES string of the molecule is CC(=O)c1ccc2[nH]c(O)c(C(=NCC(=O)O)c3ccccc3)c2c1. The zero-order valence-corrected chi connectivity index (χ0v) is 13.5. The molecule has 1 heterocycles. The highest BCUT2D eigenvalue weighted by Gasteiger charge is 2.19. The number of hydrogen-bond acceptors (Lipinski definition) is 4. The van der Waals surface area contributed by atoms with Gasteiger partial charge in [0, 0.05) is 22.0 Å². The number of H-pyrrole nitrogens is 1. The van der Waals surface area contributed by atoms with Crippen molar-refractivity contribution < 1.29 is 19.8 Å². The molecule has 0 atom stereocenters. The zero-order chi connectivity index (χ0) is 18.0. The maximum atomic E-state index is 11.7. The number of carboxylic acid groups (broad SMARTS) is 1. The van der Waals surface area contributed by atoms with Crippen LogP contribution in [0.1, 0.15) is 28.4 Å². The Morgan fingerprint density at radius 2 is 1.80 bits per heavy atom. The number of nitrogens with one attached hydrogen (secondary N) is 1. The van der Waals surface area contributed by atoms with Crippen LogP contribution in [0.4, 0.5) is 0 Å². The summed E-state index contributed by atoms with van der Waals surface area (Å²) in [7, 11) is 0. The van der Waals surface area contributed by atoms with Crippen LogP contribution in [0.15, 0.2) is 53.5 Å². The molecule has 2 aromatic carbocycles. The quantitative estimate of drug-likeness (QED) is 0.492. The van der Waals surface area contributed by atoms with E-state index in [0.29, 0.717) is 33.3 Å². The Morgan fingerprint density at radius 1 is 1.08 bits per heavy atom. The first kappa shape index (κ1) is 16.4. The van der Waals surface area contributed by atoms with Crippen LogP contribution in [0, 0.1) is 0 Å². The molecule has 0 aliphatic carbocycles. The molecule has 0 fully saturated rings. The Bertz CT molecular complexity index is 987. The molecule has 0 unspecified atom stereocenters. The van der Waals surface area contributed by atoms with Gasteiger partial charge in [-0.15, -0.1) is 0 Å². The summed E-state index contributed by atoms with van der Waals surface area (Å²) in [6.45, 7) is 1.03. The molecule has 6 heteroatoms. The number of carbonyl (C=O) groups excluding carboxylic acids is 1. The van der Waals surface area contributed by atoms with Crippen molar-refractivity contribution >= 4 is 28.4 Å². The average Bonchev–Trinajstić information content (AvgIpc) is 2.91. The monoisotopic (exact) mass is 336 g/mol. The number of nitrogens with zero attached hydrogens (tertiary/aromatic N) is 1. The van der Waals surface area contributed by atoms with Gasteiger partial charge in [-0.25, -0.2) is 0 Å². The van der Waals surface area contributed by atoms with Crippen LogP contribution in [-0.2, 0) is 4.79 Å². The van der Waals surface area contributed by atoms with E-state index in [0.717, 1.165) is 0 Å². The molecule has 126 valence electrons. The van der Waals surface area contributed by atoms with Crippen LogP contribution >= 0.6 is 0 Å². The number of benzene rings is 2. The van der Waals surface area contributed by atoms with Crippen molar-refractivity contribution in [2.24, 2.45) is 4.99 Å². The minimum atomic E-state index is -1.07. The standard InChI is InChI=1S/C19H16N2O4/c1-11(22)13-7-8-15-14(9-13)17(19(25)21-15)18(20-10-16(23)24)12-5-3-2-4-6-12/h2-9,21,25H,10H2,1H3,(H,23,24). The lowest BCUT2D eigenvalue weighted by atomic mass is 9.99. The minimum Gasteiger partial charge on any atom is -0.494 e. The van der Waals surface area contributed by atoms with Gasteiger partial charge in [0.1, 0.15) is 6.54 Å². The summed E-state index contributed by atoms with van der Waals surface area (Å²) < 4.78 is 0. The number of aliphatic imine (C=N–C) groups is 1. The first-order chi connectivity index (χ1) is 12.0. The number of fused-ring (bicyclic) bond motifs is 1. The maximum absolute atomic E-state index is 11.7. The highest BCUT2D eigenvalue weighted by atomic mass is 16.4. The summed E-state index contributed by atoms with van der Waals surface area (Å²) in [5.41, 5.74) is 2.54. The van der Waals surface area contributed by atoms with Crippen molar-refractivity contribution in [1.82, 2.24) is 4.98 Å². The third kappa shape index (κ3) is 3.28. The molecule has 0 saturated carbocycles. The molecule has 0 aliphatic heterocycles. The van der Waals surface area contributed by atoms with Crippen molar-refractivity contribution in [3.05, 3.63) is 65.2 Å². The lowest BCUT2D eigenvalue weighted by Gasteiger charge is -2.07. The lowest BCUT2D eigenvalue weighted by Crippen LogP contribution is -2.08. The Balaban J connectivity index is 2.26. The topological polar surface area (TPSA) is 103 Å². The number of hydrogen-bond donors (Lipinski definition) is 3. The maximum Gasteiger partial charge on any atom is 0.325 e. The Labute approximate surface area is 143 Å². The lowest BCUT2D eigenvalue weighted by molar-refractivity contribution is -0.135. The molecule has 0 aliphatic rings. The summed E-state index contributed by atoms with van der Waals surface area (Å²) in [4.78, 5) is 29.7. The Hall–Kier alpha value is -3.41. The highest BCUT2D eigenvalue weighted by molar-refractivity contribution is 6.21. The third-order valence-corrected chi connectivity index (χ3v) is 3.84. The van der Waals surface area contributed by atoms with E-state index < -0.39 is 12.5 Å². The average molecular weight is 336 g/mol. The van der Waals surface area contributed by atoms with Crippen molar-refractivity contribution in [3.8, 4) is 5.88 Å². The van der Waals surface area contributed by atoms with Crippen molar-refractivity contribution in [2.45, 2.75) is 6.92 Å². The van der Waals surface area contributed by atoms with E-state index in [9.17, 15) is 14.7 Å². The Kier molecular flexibility index (Phi) is 4.35. The third-order valence-electron chi connectivity index (χ3n) is 3.84. The van der Waals surface area contributed by atoms with Crippen LogP contribution < -0.4 is 0 Å². The molecule has 0 spiro atoms. The summed E-state index contributed by atoms with van der Waals surface area (Å²) in [5, 5.41) is 20.0. The van der Waals surface area contributed by atoms with Crippen LogP contribution in [0.3, 0.4) is 0 Å². The van der Waals surface area contributed by atoms with Gasteiger partial charge in [-0.2, -0.15) is 0 Å². The van der Waals surface area contributed by atoms with Crippen LogP contribution in [0.5, 0.6) is 5.88 Å². The number of Topliss-reactive ketones (excluding diaryl/α,β-unsaturated/α-hetero) is 1. The van der Waals surface area contributed by atoms with E-state index in [-0.39, 0.29) is 11.7 Å². The molecule has 0 bridgehead atoms. The van der Waals surface area contributed by atoms with Gasteiger partial charge in [0.15, 0.2) is 11.7 Å². The number of aromatic nitrogens is 1. The molecule has 0 radical (unpaired) electrons. The fraction of sp³-hybridized carbons (Fsp3) is 0.105. The second-order valence-electron chi connectivity index (χ2n) is 5.59. The summed E-state index contributed by atoms with van der Waals surface area (Å²) in [6.07, 6.45) is 0.